The van der Waals surface area contributed by atoms with Crippen LogP contribution in [-0.4, -0.2) is 13.7 Å². The Labute approximate surface area is 89.3 Å². The van der Waals surface area contributed by atoms with Crippen molar-refractivity contribution in [1.82, 2.24) is 0 Å². The highest BCUT2D eigenvalue weighted by Gasteiger charge is 1.99. The van der Waals surface area contributed by atoms with Crippen LogP contribution in [-0.2, 0) is 0 Å². The van der Waals surface area contributed by atoms with Crippen LogP contribution in [0.15, 0.2) is 24.3 Å². The quantitative estimate of drug-likeness (QED) is 0.831. The summed E-state index contributed by atoms with van der Waals surface area (Å²) in [7, 11) is 1.63. The third-order valence-corrected chi connectivity index (χ3v) is 2.06. The number of rotatable bonds is 4. The molecule has 76 valence electrons. The average Bonchev–Trinajstić information content (AvgIpc) is 2.20. The van der Waals surface area contributed by atoms with Gasteiger partial charge in [-0.1, -0.05) is 23.8 Å². The number of halogens is 1. The first kappa shape index (κ1) is 11.1. The molecule has 0 unspecified atom stereocenters. The normalized spacial score (nSPS) is 10.8. The molecule has 0 aliphatic carbocycles. The molecule has 14 heavy (non-hydrogen) atoms. The van der Waals surface area contributed by atoms with E-state index in [2.05, 4.69) is 0 Å². The first-order valence-corrected chi connectivity index (χ1v) is 4.86. The third-order valence-electron chi connectivity index (χ3n) is 1.83. The maximum absolute atomic E-state index is 5.83. The van der Waals surface area contributed by atoms with Crippen molar-refractivity contribution in [3.63, 3.8) is 0 Å². The molecule has 0 radical (unpaired) electrons. The van der Waals surface area contributed by atoms with Gasteiger partial charge in [0, 0.05) is 10.6 Å². The topological polar surface area (TPSA) is 35.2 Å². The summed E-state index contributed by atoms with van der Waals surface area (Å²) < 4.78 is 5.19. The lowest BCUT2D eigenvalue weighted by molar-refractivity contribution is 0.414. The van der Waals surface area contributed by atoms with Crippen molar-refractivity contribution in [1.29, 1.82) is 0 Å². The largest absolute Gasteiger partial charge is 0.496 e. The second kappa shape index (κ2) is 5.68. The minimum Gasteiger partial charge on any atom is -0.496 e. The highest BCUT2D eigenvalue weighted by Crippen LogP contribution is 2.24. The summed E-state index contributed by atoms with van der Waals surface area (Å²) >= 11 is 5.83. The summed E-state index contributed by atoms with van der Waals surface area (Å²) in [6.45, 7) is 0.659. The fraction of sp³-hybridized carbons (Fsp3) is 0.273. The van der Waals surface area contributed by atoms with Gasteiger partial charge < -0.3 is 10.5 Å². The van der Waals surface area contributed by atoms with E-state index in [-0.39, 0.29) is 0 Å². The predicted molar refractivity (Wildman–Crippen MR) is 60.7 cm³/mol. The van der Waals surface area contributed by atoms with Crippen LogP contribution in [0.4, 0.5) is 0 Å². The molecule has 0 aliphatic heterocycles. The Bertz CT molecular complexity index is 323. The SMILES string of the molecule is COc1cc(Cl)ccc1C=CCCN. The Kier molecular flexibility index (Phi) is 4.50. The van der Waals surface area contributed by atoms with Crippen molar-refractivity contribution < 1.29 is 4.74 Å². The standard InChI is InChI=1S/C11H14ClNO/c1-14-11-8-10(12)6-5-9(11)4-2-3-7-13/h2,4-6,8H,3,7,13H2,1H3. The van der Waals surface area contributed by atoms with E-state index < -0.39 is 0 Å². The van der Waals surface area contributed by atoms with Crippen LogP contribution >= 0.6 is 11.6 Å². The molecule has 0 amide bonds. The van der Waals surface area contributed by atoms with Crippen LogP contribution in [0.25, 0.3) is 6.08 Å². The number of ether oxygens (including phenoxy) is 1. The van der Waals surface area contributed by atoms with Gasteiger partial charge in [-0.3, -0.25) is 0 Å². The maximum atomic E-state index is 5.83. The maximum Gasteiger partial charge on any atom is 0.127 e. The van der Waals surface area contributed by atoms with Gasteiger partial charge in [-0.05, 0) is 31.2 Å². The van der Waals surface area contributed by atoms with Gasteiger partial charge in [-0.2, -0.15) is 0 Å². The van der Waals surface area contributed by atoms with Crippen LogP contribution in [0, 0.1) is 0 Å². The third kappa shape index (κ3) is 3.05. The van der Waals surface area contributed by atoms with Crippen molar-refractivity contribution in [3.05, 3.63) is 34.9 Å². The van der Waals surface area contributed by atoms with Crippen molar-refractivity contribution in [2.45, 2.75) is 6.42 Å². The number of nitrogens with two attached hydrogens (primary N) is 1. The number of methoxy groups -OCH3 is 1. The predicted octanol–water partition coefficient (Wildman–Crippen LogP) is 2.71. The average molecular weight is 212 g/mol. The Morgan fingerprint density at radius 2 is 2.29 bits per heavy atom. The van der Waals surface area contributed by atoms with Crippen LogP contribution in [0.3, 0.4) is 0 Å². The van der Waals surface area contributed by atoms with Gasteiger partial charge >= 0.3 is 0 Å². The molecular formula is C11H14ClNO. The van der Waals surface area contributed by atoms with Crippen LogP contribution in [0.5, 0.6) is 5.75 Å². The summed E-state index contributed by atoms with van der Waals surface area (Å²) in [4.78, 5) is 0. The summed E-state index contributed by atoms with van der Waals surface area (Å²) in [5, 5.41) is 0.679. The minimum absolute atomic E-state index is 0.659. The molecule has 3 heteroatoms. The van der Waals surface area contributed by atoms with E-state index in [1.54, 1.807) is 13.2 Å². The van der Waals surface area contributed by atoms with E-state index in [0.29, 0.717) is 11.6 Å². The zero-order chi connectivity index (χ0) is 10.4. The number of hydrogen-bond donors (Lipinski definition) is 1. The zero-order valence-electron chi connectivity index (χ0n) is 8.16. The molecule has 2 N–H and O–H groups in total. The van der Waals surface area contributed by atoms with Gasteiger partial charge in [0.1, 0.15) is 5.75 Å². The van der Waals surface area contributed by atoms with Crippen LogP contribution < -0.4 is 10.5 Å². The fourth-order valence-corrected chi connectivity index (χ4v) is 1.29. The summed E-state index contributed by atoms with van der Waals surface area (Å²) in [5.74, 6) is 0.783. The van der Waals surface area contributed by atoms with Gasteiger partial charge in [-0.25, -0.2) is 0 Å². The molecule has 1 aromatic rings. The van der Waals surface area contributed by atoms with E-state index in [1.165, 1.54) is 0 Å². The first-order valence-electron chi connectivity index (χ1n) is 4.48. The molecule has 1 aromatic carbocycles. The molecule has 0 saturated carbocycles. The number of hydrogen-bond acceptors (Lipinski definition) is 2. The fourth-order valence-electron chi connectivity index (χ4n) is 1.13. The molecule has 0 aromatic heterocycles. The Balaban J connectivity index is 2.85. The van der Waals surface area contributed by atoms with E-state index in [9.17, 15) is 0 Å². The highest BCUT2D eigenvalue weighted by atomic mass is 35.5. The lowest BCUT2D eigenvalue weighted by Crippen LogP contribution is -1.95. The monoisotopic (exact) mass is 211 g/mol. The molecule has 1 rings (SSSR count). The molecule has 0 spiro atoms. The zero-order valence-corrected chi connectivity index (χ0v) is 8.92. The summed E-state index contributed by atoms with van der Waals surface area (Å²) in [6.07, 6.45) is 4.87. The lowest BCUT2D eigenvalue weighted by atomic mass is 10.2. The van der Waals surface area contributed by atoms with Crippen LogP contribution in [0.1, 0.15) is 12.0 Å². The van der Waals surface area contributed by atoms with Crippen LogP contribution in [0.2, 0.25) is 5.02 Å². The van der Waals surface area contributed by atoms with Crippen molar-refractivity contribution in [2.24, 2.45) is 5.73 Å². The first-order chi connectivity index (χ1) is 6.77. The molecule has 0 saturated heterocycles. The Hall–Kier alpha value is -0.990. The number of benzene rings is 1. The van der Waals surface area contributed by atoms with Gasteiger partial charge in [-0.15, -0.1) is 0 Å². The van der Waals surface area contributed by atoms with E-state index >= 15 is 0 Å². The van der Waals surface area contributed by atoms with Gasteiger partial charge in [0.2, 0.25) is 0 Å². The van der Waals surface area contributed by atoms with Crippen molar-refractivity contribution >= 4 is 17.7 Å². The smallest absolute Gasteiger partial charge is 0.127 e. The molecule has 0 bridgehead atoms. The highest BCUT2D eigenvalue weighted by molar-refractivity contribution is 6.30. The van der Waals surface area contributed by atoms with Gasteiger partial charge in [0.15, 0.2) is 0 Å². The van der Waals surface area contributed by atoms with E-state index in [1.807, 2.05) is 24.3 Å². The van der Waals surface area contributed by atoms with Gasteiger partial charge in [0.25, 0.3) is 0 Å². The molecular weight excluding hydrogens is 198 g/mol. The van der Waals surface area contributed by atoms with Crippen molar-refractivity contribution in [3.8, 4) is 5.75 Å². The molecule has 0 fully saturated rings. The molecule has 2 nitrogen and oxygen atoms in total. The summed E-state index contributed by atoms with van der Waals surface area (Å²) in [5.41, 5.74) is 6.40. The van der Waals surface area contributed by atoms with E-state index in [0.717, 1.165) is 17.7 Å². The Morgan fingerprint density at radius 3 is 2.93 bits per heavy atom. The second-order valence-electron chi connectivity index (χ2n) is 2.87. The molecule has 0 aliphatic rings. The lowest BCUT2D eigenvalue weighted by Gasteiger charge is -2.04. The second-order valence-corrected chi connectivity index (χ2v) is 3.30. The molecule has 0 heterocycles. The molecule has 0 atom stereocenters. The van der Waals surface area contributed by atoms with Gasteiger partial charge in [0.05, 0.1) is 7.11 Å². The Morgan fingerprint density at radius 1 is 1.50 bits per heavy atom. The summed E-state index contributed by atoms with van der Waals surface area (Å²) in [6, 6.07) is 5.56. The van der Waals surface area contributed by atoms with E-state index in [4.69, 9.17) is 22.1 Å². The minimum atomic E-state index is 0.659. The van der Waals surface area contributed by atoms with Crippen molar-refractivity contribution in [2.75, 3.05) is 13.7 Å².